The fraction of sp³-hybridized carbons (Fsp3) is 0.400. The van der Waals surface area contributed by atoms with Crippen LogP contribution in [0.2, 0.25) is 0 Å². The van der Waals surface area contributed by atoms with Crippen LogP contribution in [0.5, 0.6) is 0 Å². The first-order valence-corrected chi connectivity index (χ1v) is 10.8. The molecule has 1 unspecified atom stereocenters. The molecule has 1 N–H and O–H groups in total. The number of rotatable bonds is 7. The number of nitrogens with zero attached hydrogens (tertiary/aromatic N) is 4. The minimum absolute atomic E-state index is 0.650. The van der Waals surface area contributed by atoms with Crippen molar-refractivity contribution in [1.29, 1.82) is 5.26 Å². The van der Waals surface area contributed by atoms with Gasteiger partial charge in [-0.05, 0) is 18.9 Å². The van der Waals surface area contributed by atoms with Crippen molar-refractivity contribution in [2.45, 2.75) is 25.8 Å². The number of hydrogen-bond acceptors (Lipinski definition) is 5. The molecular formula is C25H32N5O+. The van der Waals surface area contributed by atoms with Crippen LogP contribution < -0.4 is 5.32 Å². The largest absolute Gasteiger partial charge is 0.379 e. The summed E-state index contributed by atoms with van der Waals surface area (Å²) in [5.74, 6) is 0.726. The molecule has 1 fully saturated rings. The first-order chi connectivity index (χ1) is 15.1. The van der Waals surface area contributed by atoms with E-state index in [1.54, 1.807) is 4.58 Å². The molecular weight excluding hydrogens is 386 g/mol. The maximum atomic E-state index is 10.3. The molecule has 1 atom stereocenters. The number of nitrogens with one attached hydrogen (secondary N) is 1. The quantitative estimate of drug-likeness (QED) is 0.420. The van der Waals surface area contributed by atoms with Gasteiger partial charge in [0.15, 0.2) is 5.84 Å². The van der Waals surface area contributed by atoms with E-state index in [-0.39, 0.29) is 0 Å². The number of allylic oxidation sites excluding steroid dienone is 3. The van der Waals surface area contributed by atoms with Gasteiger partial charge in [-0.15, -0.1) is 0 Å². The molecule has 0 spiro atoms. The van der Waals surface area contributed by atoms with Gasteiger partial charge in [-0.25, -0.2) is 9.57 Å². The van der Waals surface area contributed by atoms with E-state index in [1.807, 2.05) is 50.4 Å². The fourth-order valence-electron chi connectivity index (χ4n) is 4.07. The highest BCUT2D eigenvalue weighted by atomic mass is 16.5. The number of likely N-dealkylation sites (N-methyl/N-ethyl adjacent to an activating group) is 1. The Bertz CT molecular complexity index is 961. The second kappa shape index (κ2) is 10.3. The lowest BCUT2D eigenvalue weighted by atomic mass is 9.79. The first kappa shape index (κ1) is 22.7. The number of nitriles is 1. The van der Waals surface area contributed by atoms with Crippen LogP contribution in [0.1, 0.15) is 25.8 Å². The summed E-state index contributed by atoms with van der Waals surface area (Å²) in [7, 11) is 1.90. The molecule has 6 heteroatoms. The summed E-state index contributed by atoms with van der Waals surface area (Å²) in [4.78, 5) is 7.49. The second-order valence-corrected chi connectivity index (χ2v) is 7.79. The van der Waals surface area contributed by atoms with Gasteiger partial charge in [0.1, 0.15) is 19.3 Å². The van der Waals surface area contributed by atoms with Crippen LogP contribution in [0, 0.1) is 11.3 Å². The monoisotopic (exact) mass is 418 g/mol. The van der Waals surface area contributed by atoms with Crippen LogP contribution >= 0.6 is 0 Å². The van der Waals surface area contributed by atoms with Crippen molar-refractivity contribution in [1.82, 2.24) is 10.2 Å². The van der Waals surface area contributed by atoms with Crippen molar-refractivity contribution in [2.24, 2.45) is 4.99 Å². The summed E-state index contributed by atoms with van der Waals surface area (Å²) < 4.78 is 7.32. The molecule has 0 saturated carbocycles. The van der Waals surface area contributed by atoms with Crippen LogP contribution in [-0.4, -0.2) is 61.9 Å². The maximum absolute atomic E-state index is 10.3. The van der Waals surface area contributed by atoms with Gasteiger partial charge in [-0.3, -0.25) is 4.90 Å². The Morgan fingerprint density at radius 1 is 1.35 bits per heavy atom. The molecule has 2 heterocycles. The van der Waals surface area contributed by atoms with Crippen molar-refractivity contribution in [3.63, 3.8) is 0 Å². The predicted molar refractivity (Wildman–Crippen MR) is 125 cm³/mol. The highest BCUT2D eigenvalue weighted by Crippen LogP contribution is 2.41. The average molecular weight is 419 g/mol. The fourth-order valence-corrected chi connectivity index (χ4v) is 4.07. The molecule has 0 bridgehead atoms. The Hall–Kier alpha value is -3.01. The van der Waals surface area contributed by atoms with E-state index in [0.29, 0.717) is 31.8 Å². The summed E-state index contributed by atoms with van der Waals surface area (Å²) in [6.45, 7) is 11.9. The number of amidine groups is 1. The van der Waals surface area contributed by atoms with Gasteiger partial charge in [0.25, 0.3) is 0 Å². The first-order valence-electron chi connectivity index (χ1n) is 10.8. The molecule has 162 valence electrons. The van der Waals surface area contributed by atoms with E-state index in [1.165, 1.54) is 0 Å². The number of hydrogen-bond donors (Lipinski definition) is 1. The van der Waals surface area contributed by atoms with Gasteiger partial charge in [0.2, 0.25) is 5.70 Å². The molecule has 31 heavy (non-hydrogen) atoms. The minimum Gasteiger partial charge on any atom is -0.379 e. The number of aliphatic imine (C=N–C) groups is 1. The number of morpholine rings is 1. The topological polar surface area (TPSA) is 63.7 Å². The Balaban J connectivity index is 2.18. The van der Waals surface area contributed by atoms with E-state index in [4.69, 9.17) is 9.73 Å². The predicted octanol–water partition coefficient (Wildman–Crippen LogP) is 3.21. The Labute approximate surface area is 185 Å². The molecule has 0 radical (unpaired) electrons. The lowest BCUT2D eigenvalue weighted by molar-refractivity contribution is -0.424. The zero-order valence-corrected chi connectivity index (χ0v) is 18.8. The summed E-state index contributed by atoms with van der Waals surface area (Å²) >= 11 is 0. The van der Waals surface area contributed by atoms with Gasteiger partial charge in [0.05, 0.1) is 24.9 Å². The molecule has 0 aliphatic carbocycles. The molecule has 6 nitrogen and oxygen atoms in total. The van der Waals surface area contributed by atoms with E-state index in [2.05, 4.69) is 42.1 Å². The molecule has 2 aliphatic heterocycles. The van der Waals surface area contributed by atoms with E-state index in [0.717, 1.165) is 35.9 Å². The van der Waals surface area contributed by atoms with Crippen LogP contribution in [0.4, 0.5) is 0 Å². The van der Waals surface area contributed by atoms with Gasteiger partial charge < -0.3 is 10.1 Å². The normalized spacial score (nSPS) is 22.8. The number of ether oxygens (including phenoxy) is 1. The summed E-state index contributed by atoms with van der Waals surface area (Å²) in [6.07, 6.45) is 6.62. The lowest BCUT2D eigenvalue weighted by Gasteiger charge is -2.37. The van der Waals surface area contributed by atoms with E-state index >= 15 is 0 Å². The molecule has 0 aromatic heterocycles. The van der Waals surface area contributed by atoms with E-state index < -0.39 is 5.54 Å². The maximum Gasteiger partial charge on any atom is 0.247 e. The molecule has 0 amide bonds. The molecule has 3 rings (SSSR count). The Morgan fingerprint density at radius 2 is 2.06 bits per heavy atom. The van der Waals surface area contributed by atoms with Crippen molar-refractivity contribution >= 4 is 12.6 Å². The third-order valence-corrected chi connectivity index (χ3v) is 5.75. The number of benzene rings is 1. The average Bonchev–Trinajstić information content (AvgIpc) is 2.80. The summed E-state index contributed by atoms with van der Waals surface area (Å²) in [6, 6.07) is 12.6. The van der Waals surface area contributed by atoms with Crippen molar-refractivity contribution in [2.75, 3.05) is 39.9 Å². The Morgan fingerprint density at radius 3 is 2.65 bits per heavy atom. The molecule has 2 aliphatic rings. The van der Waals surface area contributed by atoms with E-state index in [9.17, 15) is 5.26 Å². The standard InChI is InChI=1S/C25H32N5O/c1-5-7-13-23(29(3)4)24-27-22(19-30-14-16-31-17-15-30)21(18-26)25(6-2,28-24)20-11-9-8-10-12-20/h5,7-13H,3,6,14-17,19H2,1-2,4H3,(H,27,28)/q+1. The third kappa shape index (κ3) is 4.84. The van der Waals surface area contributed by atoms with Crippen LogP contribution in [0.25, 0.3) is 0 Å². The van der Waals surface area contributed by atoms with Crippen LogP contribution in [0.15, 0.2) is 70.5 Å². The van der Waals surface area contributed by atoms with Crippen molar-refractivity contribution in [3.05, 3.63) is 71.1 Å². The minimum atomic E-state index is -0.747. The lowest BCUT2D eigenvalue weighted by Crippen LogP contribution is -2.46. The van der Waals surface area contributed by atoms with Gasteiger partial charge in [0, 0.05) is 31.4 Å². The smallest absolute Gasteiger partial charge is 0.247 e. The summed E-state index contributed by atoms with van der Waals surface area (Å²) in [5, 5.41) is 13.8. The SMILES string of the molecule is C=[N+](C)C(=CC=CC)C1=NC(CC)(c2ccccc2)C(C#N)=C(CN2CCOCC2)N1. The van der Waals surface area contributed by atoms with Gasteiger partial charge in [-0.2, -0.15) is 5.26 Å². The van der Waals surface area contributed by atoms with Crippen molar-refractivity contribution < 1.29 is 9.31 Å². The van der Waals surface area contributed by atoms with Gasteiger partial charge >= 0.3 is 0 Å². The zero-order chi connectivity index (χ0) is 22.3. The molecule has 1 aromatic rings. The summed E-state index contributed by atoms with van der Waals surface area (Å²) in [5.41, 5.74) is 2.71. The molecule has 1 aromatic carbocycles. The zero-order valence-electron chi connectivity index (χ0n) is 18.8. The van der Waals surface area contributed by atoms with Crippen LogP contribution in [-0.2, 0) is 10.3 Å². The molecule has 1 saturated heterocycles. The van der Waals surface area contributed by atoms with Gasteiger partial charge in [-0.1, -0.05) is 49.4 Å². The van der Waals surface area contributed by atoms with Crippen LogP contribution in [0.3, 0.4) is 0 Å². The third-order valence-electron chi connectivity index (χ3n) is 5.75. The Kier molecular flexibility index (Phi) is 7.56. The second-order valence-electron chi connectivity index (χ2n) is 7.79. The highest BCUT2D eigenvalue weighted by Gasteiger charge is 2.42. The van der Waals surface area contributed by atoms with Crippen molar-refractivity contribution in [3.8, 4) is 6.07 Å². The highest BCUT2D eigenvalue weighted by molar-refractivity contribution is 5.99.